The number of hydrogen-bond donors (Lipinski definition) is 1. The van der Waals surface area contributed by atoms with Crippen molar-refractivity contribution in [1.82, 2.24) is 4.98 Å². The zero-order valence-electron chi connectivity index (χ0n) is 16.7. The van der Waals surface area contributed by atoms with Gasteiger partial charge in [0.05, 0.1) is 12.3 Å². The van der Waals surface area contributed by atoms with Gasteiger partial charge in [0.25, 0.3) is 5.91 Å². The molecule has 2 atom stereocenters. The first-order valence-electron chi connectivity index (χ1n) is 9.82. The number of benzene rings is 1. The van der Waals surface area contributed by atoms with Crippen molar-refractivity contribution in [3.8, 4) is 5.75 Å². The minimum atomic E-state index is -0.751. The van der Waals surface area contributed by atoms with Crippen LogP contribution < -0.4 is 10.1 Å². The summed E-state index contributed by atoms with van der Waals surface area (Å²) in [6, 6.07) is 7.62. The summed E-state index contributed by atoms with van der Waals surface area (Å²) in [4.78, 5) is 17.6. The highest BCUT2D eigenvalue weighted by atomic mass is 16.5. The summed E-state index contributed by atoms with van der Waals surface area (Å²) < 4.78 is 11.6. The molecule has 1 fully saturated rings. The van der Waals surface area contributed by atoms with Crippen molar-refractivity contribution in [3.63, 3.8) is 0 Å². The molecule has 1 aromatic carbocycles. The largest absolute Gasteiger partial charge is 0.491 e. The molecular weight excluding hydrogens is 340 g/mol. The maximum Gasteiger partial charge on any atom is 0.256 e. The molecule has 146 valence electrons. The average molecular weight is 370 g/mol. The van der Waals surface area contributed by atoms with Crippen molar-refractivity contribution in [2.75, 3.05) is 19.0 Å². The first-order chi connectivity index (χ1) is 12.9. The Labute approximate surface area is 161 Å². The van der Waals surface area contributed by atoms with Gasteiger partial charge in [-0.25, -0.2) is 0 Å². The number of amides is 1. The highest BCUT2D eigenvalue weighted by Gasteiger charge is 2.42. The van der Waals surface area contributed by atoms with Crippen LogP contribution in [0.25, 0.3) is 10.9 Å². The lowest BCUT2D eigenvalue weighted by atomic mass is 9.78. The SMILES string of the molecule is CO[C@@]1(C(=O)Nc2ccc(OCC(C)C)c3ncccc23)CCC[C@H](C)C1. The van der Waals surface area contributed by atoms with Crippen LogP contribution in [-0.2, 0) is 9.53 Å². The van der Waals surface area contributed by atoms with Gasteiger partial charge in [0.1, 0.15) is 16.9 Å². The van der Waals surface area contributed by atoms with Gasteiger partial charge in [-0.1, -0.05) is 27.2 Å². The summed E-state index contributed by atoms with van der Waals surface area (Å²) in [5.74, 6) is 1.58. The van der Waals surface area contributed by atoms with Gasteiger partial charge in [0.15, 0.2) is 0 Å². The standard InChI is InChI=1S/C22H30N2O3/c1-15(2)14-27-19-10-9-18(17-8-6-12-23-20(17)19)24-21(25)22(26-4)11-5-7-16(3)13-22/h6,8-10,12,15-16H,5,7,11,13-14H2,1-4H3,(H,24,25)/t16-,22-/m0/s1. The topological polar surface area (TPSA) is 60.5 Å². The van der Waals surface area contributed by atoms with Gasteiger partial charge in [-0.2, -0.15) is 0 Å². The third kappa shape index (κ3) is 4.24. The van der Waals surface area contributed by atoms with Crippen LogP contribution in [0, 0.1) is 11.8 Å². The summed E-state index contributed by atoms with van der Waals surface area (Å²) in [5, 5.41) is 3.98. The van der Waals surface area contributed by atoms with E-state index in [1.54, 1.807) is 13.3 Å². The number of fused-ring (bicyclic) bond motifs is 1. The van der Waals surface area contributed by atoms with Gasteiger partial charge in [-0.05, 0) is 55.4 Å². The van der Waals surface area contributed by atoms with Crippen LogP contribution in [-0.4, -0.2) is 30.2 Å². The van der Waals surface area contributed by atoms with Crippen molar-refractivity contribution in [2.24, 2.45) is 11.8 Å². The van der Waals surface area contributed by atoms with Crippen LogP contribution in [0.4, 0.5) is 5.69 Å². The molecule has 1 aromatic heterocycles. The zero-order chi connectivity index (χ0) is 19.4. The number of hydrogen-bond acceptors (Lipinski definition) is 4. The molecule has 0 aliphatic heterocycles. The molecule has 0 spiro atoms. The summed E-state index contributed by atoms with van der Waals surface area (Å²) in [6.45, 7) is 7.03. The second-order valence-electron chi connectivity index (χ2n) is 8.07. The van der Waals surface area contributed by atoms with E-state index in [9.17, 15) is 4.79 Å². The fourth-order valence-corrected chi connectivity index (χ4v) is 3.85. The molecule has 1 heterocycles. The van der Waals surface area contributed by atoms with E-state index < -0.39 is 5.60 Å². The van der Waals surface area contributed by atoms with Crippen LogP contribution in [0.2, 0.25) is 0 Å². The van der Waals surface area contributed by atoms with Gasteiger partial charge < -0.3 is 14.8 Å². The van der Waals surface area contributed by atoms with Crippen LogP contribution in [0.3, 0.4) is 0 Å². The van der Waals surface area contributed by atoms with E-state index in [0.29, 0.717) is 18.4 Å². The summed E-state index contributed by atoms with van der Waals surface area (Å²) in [7, 11) is 1.64. The maximum absolute atomic E-state index is 13.1. The van der Waals surface area contributed by atoms with Crippen molar-refractivity contribution >= 4 is 22.5 Å². The quantitative estimate of drug-likeness (QED) is 0.793. The fourth-order valence-electron chi connectivity index (χ4n) is 3.85. The number of ether oxygens (including phenoxy) is 2. The van der Waals surface area contributed by atoms with Crippen LogP contribution in [0.5, 0.6) is 5.75 Å². The number of methoxy groups -OCH3 is 1. The fraction of sp³-hybridized carbons (Fsp3) is 0.545. The van der Waals surface area contributed by atoms with Gasteiger partial charge >= 0.3 is 0 Å². The number of pyridine rings is 1. The molecule has 1 aliphatic rings. The lowest BCUT2D eigenvalue weighted by Crippen LogP contribution is -2.47. The number of nitrogens with zero attached hydrogens (tertiary/aromatic N) is 1. The number of carbonyl (C=O) groups excluding carboxylic acids is 1. The van der Waals surface area contributed by atoms with Crippen molar-refractivity contribution in [3.05, 3.63) is 30.5 Å². The molecule has 27 heavy (non-hydrogen) atoms. The van der Waals surface area contributed by atoms with Crippen molar-refractivity contribution in [2.45, 2.75) is 52.1 Å². The molecule has 0 bridgehead atoms. The van der Waals surface area contributed by atoms with Gasteiger partial charge in [0, 0.05) is 18.7 Å². The third-order valence-electron chi connectivity index (χ3n) is 5.31. The highest BCUT2D eigenvalue weighted by molar-refractivity contribution is 6.05. The van der Waals surface area contributed by atoms with Gasteiger partial charge in [-0.15, -0.1) is 0 Å². The Morgan fingerprint density at radius 3 is 2.89 bits per heavy atom. The normalized spacial score (nSPS) is 22.8. The molecule has 0 unspecified atom stereocenters. The Hall–Kier alpha value is -2.14. The second kappa shape index (κ2) is 8.26. The number of carbonyl (C=O) groups is 1. The molecule has 0 saturated heterocycles. The molecule has 1 saturated carbocycles. The Morgan fingerprint density at radius 1 is 1.37 bits per heavy atom. The van der Waals surface area contributed by atoms with Gasteiger partial charge in [0.2, 0.25) is 0 Å². The third-order valence-corrected chi connectivity index (χ3v) is 5.31. The monoisotopic (exact) mass is 370 g/mol. The molecule has 2 aromatic rings. The number of rotatable bonds is 6. The van der Waals surface area contributed by atoms with Gasteiger partial charge in [-0.3, -0.25) is 9.78 Å². The lowest BCUT2D eigenvalue weighted by molar-refractivity contribution is -0.143. The summed E-state index contributed by atoms with van der Waals surface area (Å²) in [5.41, 5.74) is 0.757. The van der Waals surface area contributed by atoms with E-state index in [4.69, 9.17) is 9.47 Å². The predicted octanol–water partition coefficient (Wildman–Crippen LogP) is 4.80. The van der Waals surface area contributed by atoms with E-state index in [1.165, 1.54) is 0 Å². The summed E-state index contributed by atoms with van der Waals surface area (Å²) in [6.07, 6.45) is 5.40. The van der Waals surface area contributed by atoms with E-state index in [1.807, 2.05) is 24.3 Å². The average Bonchev–Trinajstić information content (AvgIpc) is 2.67. The molecular formula is C22H30N2O3. The number of anilines is 1. The minimum Gasteiger partial charge on any atom is -0.491 e. The molecule has 1 N–H and O–H groups in total. The first-order valence-corrected chi connectivity index (χ1v) is 9.82. The minimum absolute atomic E-state index is 0.0717. The lowest BCUT2D eigenvalue weighted by Gasteiger charge is -2.37. The predicted molar refractivity (Wildman–Crippen MR) is 108 cm³/mol. The molecule has 0 radical (unpaired) electrons. The van der Waals surface area contributed by atoms with Crippen LogP contribution >= 0.6 is 0 Å². The second-order valence-corrected chi connectivity index (χ2v) is 8.07. The Kier molecular flexibility index (Phi) is 6.00. The highest BCUT2D eigenvalue weighted by Crippen LogP contribution is 2.37. The molecule has 1 aliphatic carbocycles. The number of nitrogens with one attached hydrogen (secondary N) is 1. The van der Waals surface area contributed by atoms with Crippen molar-refractivity contribution < 1.29 is 14.3 Å². The van der Waals surface area contributed by atoms with Crippen molar-refractivity contribution in [1.29, 1.82) is 0 Å². The Bertz CT molecular complexity index is 805. The van der Waals surface area contributed by atoms with E-state index >= 15 is 0 Å². The maximum atomic E-state index is 13.1. The smallest absolute Gasteiger partial charge is 0.256 e. The molecule has 5 nitrogen and oxygen atoms in total. The first kappa shape index (κ1) is 19.6. The Morgan fingerprint density at radius 2 is 2.19 bits per heavy atom. The van der Waals surface area contributed by atoms with E-state index in [2.05, 4.69) is 31.1 Å². The molecule has 1 amide bonds. The number of aromatic nitrogens is 1. The van der Waals surface area contributed by atoms with Crippen LogP contribution in [0.15, 0.2) is 30.5 Å². The van der Waals surface area contributed by atoms with E-state index in [0.717, 1.165) is 48.0 Å². The van der Waals surface area contributed by atoms with E-state index in [-0.39, 0.29) is 5.91 Å². The summed E-state index contributed by atoms with van der Waals surface area (Å²) >= 11 is 0. The molecule has 3 rings (SSSR count). The zero-order valence-corrected chi connectivity index (χ0v) is 16.7. The molecule has 5 heteroatoms. The van der Waals surface area contributed by atoms with Crippen LogP contribution in [0.1, 0.15) is 46.5 Å². The Balaban J connectivity index is 1.88.